The zero-order chi connectivity index (χ0) is 20.2. The Kier molecular flexibility index (Phi) is 3.64. The van der Waals surface area contributed by atoms with Gasteiger partial charge in [0.1, 0.15) is 23.7 Å². The highest BCUT2D eigenvalue weighted by Gasteiger charge is 2.31. The Hall–Kier alpha value is -3.75. The standard InChI is InChI=1S/C21H15F2N5O2/c22-12-1-3-16(24-6-12)13-5-18-21(28-10-26-27-20(13)28)25-7-14-15(23)2-4-17-19(14)11(8-29-17)9-30-18/h1-6,10-11,25H,7-9H2/t11-/m0/s1. The fraction of sp³-hybridized carbons (Fsp3) is 0.190. The van der Waals surface area contributed by atoms with Crippen LogP contribution in [0.5, 0.6) is 11.5 Å². The number of nitrogens with zero attached hydrogens (tertiary/aromatic N) is 4. The van der Waals surface area contributed by atoms with Crippen LogP contribution in [0, 0.1) is 11.6 Å². The van der Waals surface area contributed by atoms with Crippen molar-refractivity contribution in [1.29, 1.82) is 0 Å². The third-order valence-corrected chi connectivity index (χ3v) is 5.52. The van der Waals surface area contributed by atoms with Gasteiger partial charge in [0.2, 0.25) is 0 Å². The minimum atomic E-state index is -0.422. The first-order valence-electron chi connectivity index (χ1n) is 9.48. The van der Waals surface area contributed by atoms with Gasteiger partial charge in [0.25, 0.3) is 0 Å². The molecule has 0 spiro atoms. The van der Waals surface area contributed by atoms with Gasteiger partial charge in [-0.05, 0) is 30.3 Å². The minimum Gasteiger partial charge on any atom is -0.493 e. The van der Waals surface area contributed by atoms with Crippen LogP contribution in [-0.2, 0) is 6.54 Å². The maximum Gasteiger partial charge on any atom is 0.171 e. The van der Waals surface area contributed by atoms with Crippen molar-refractivity contribution >= 4 is 11.5 Å². The Labute approximate surface area is 169 Å². The van der Waals surface area contributed by atoms with Gasteiger partial charge in [-0.3, -0.25) is 9.38 Å². The molecule has 4 aromatic rings. The Morgan fingerprint density at radius 3 is 2.77 bits per heavy atom. The van der Waals surface area contributed by atoms with Crippen molar-refractivity contribution in [3.8, 4) is 22.8 Å². The van der Waals surface area contributed by atoms with Crippen molar-refractivity contribution in [1.82, 2.24) is 19.6 Å². The third-order valence-electron chi connectivity index (χ3n) is 5.52. The summed E-state index contributed by atoms with van der Waals surface area (Å²) in [4.78, 5) is 4.17. The van der Waals surface area contributed by atoms with Crippen LogP contribution in [0.1, 0.15) is 17.0 Å². The summed E-state index contributed by atoms with van der Waals surface area (Å²) in [5, 5.41) is 11.5. The summed E-state index contributed by atoms with van der Waals surface area (Å²) in [6.45, 7) is 1.01. The molecule has 1 N–H and O–H groups in total. The summed E-state index contributed by atoms with van der Waals surface area (Å²) in [6, 6.07) is 7.81. The van der Waals surface area contributed by atoms with Crippen LogP contribution in [0.15, 0.2) is 42.9 Å². The number of aromatic nitrogens is 4. The van der Waals surface area contributed by atoms with Crippen LogP contribution in [0.25, 0.3) is 16.9 Å². The molecule has 1 aromatic carbocycles. The Morgan fingerprint density at radius 2 is 1.93 bits per heavy atom. The summed E-state index contributed by atoms with van der Waals surface area (Å²) in [5.41, 5.74) is 3.14. The van der Waals surface area contributed by atoms with Gasteiger partial charge in [0, 0.05) is 23.2 Å². The molecule has 2 aliphatic heterocycles. The van der Waals surface area contributed by atoms with E-state index >= 15 is 0 Å². The average Bonchev–Trinajstić information content (AvgIpc) is 3.40. The predicted molar refractivity (Wildman–Crippen MR) is 104 cm³/mol. The first-order chi connectivity index (χ1) is 14.7. The molecule has 0 saturated heterocycles. The average molecular weight is 407 g/mol. The highest BCUT2D eigenvalue weighted by atomic mass is 19.1. The second kappa shape index (κ2) is 6.38. The lowest BCUT2D eigenvalue weighted by Crippen LogP contribution is -2.13. The molecule has 2 aliphatic rings. The fourth-order valence-electron chi connectivity index (χ4n) is 4.11. The van der Waals surface area contributed by atoms with Crippen molar-refractivity contribution in [2.24, 2.45) is 0 Å². The van der Waals surface area contributed by atoms with Crippen molar-refractivity contribution < 1.29 is 18.3 Å². The minimum absolute atomic E-state index is 0.0811. The molecular formula is C21H15F2N5O2. The van der Waals surface area contributed by atoms with E-state index in [4.69, 9.17) is 9.47 Å². The summed E-state index contributed by atoms with van der Waals surface area (Å²) in [5.74, 6) is 1.06. The highest BCUT2D eigenvalue weighted by Crippen LogP contribution is 2.41. The second-order valence-corrected chi connectivity index (χ2v) is 7.27. The number of halogens is 2. The molecule has 0 saturated carbocycles. The van der Waals surface area contributed by atoms with Crippen LogP contribution in [0.3, 0.4) is 0 Å². The van der Waals surface area contributed by atoms with Crippen molar-refractivity contribution in [3.05, 3.63) is 65.6 Å². The Balaban J connectivity index is 1.51. The van der Waals surface area contributed by atoms with Gasteiger partial charge >= 0.3 is 0 Å². The number of nitrogens with one attached hydrogen (secondary N) is 1. The quantitative estimate of drug-likeness (QED) is 0.520. The summed E-state index contributed by atoms with van der Waals surface area (Å²) < 4.78 is 41.6. The van der Waals surface area contributed by atoms with Gasteiger partial charge in [-0.1, -0.05) is 0 Å². The second-order valence-electron chi connectivity index (χ2n) is 7.27. The summed E-state index contributed by atoms with van der Waals surface area (Å²) in [6.07, 6.45) is 2.70. The summed E-state index contributed by atoms with van der Waals surface area (Å²) in [7, 11) is 0. The van der Waals surface area contributed by atoms with Crippen molar-refractivity contribution in [2.45, 2.75) is 12.5 Å². The Morgan fingerprint density at radius 1 is 1.07 bits per heavy atom. The van der Waals surface area contributed by atoms with Crippen molar-refractivity contribution in [3.63, 3.8) is 0 Å². The van der Waals surface area contributed by atoms with Gasteiger partial charge in [0.15, 0.2) is 17.2 Å². The maximum atomic E-state index is 14.6. The predicted octanol–water partition coefficient (Wildman–Crippen LogP) is 3.55. The number of fused-ring (bicyclic) bond motifs is 3. The SMILES string of the molecule is Fc1ccc(-c2cc3c(n4cnnc24)NCc2c(F)ccc4c2[C@@H](CO4)CO3)nc1. The molecule has 1 atom stereocenters. The van der Waals surface area contributed by atoms with Crippen LogP contribution in [0.2, 0.25) is 0 Å². The monoisotopic (exact) mass is 407 g/mol. The Bertz CT molecular complexity index is 1290. The zero-order valence-electron chi connectivity index (χ0n) is 15.6. The van der Waals surface area contributed by atoms with Gasteiger partial charge in [-0.25, -0.2) is 8.78 Å². The molecule has 30 heavy (non-hydrogen) atoms. The number of pyridine rings is 2. The van der Waals surface area contributed by atoms with Crippen LogP contribution in [-0.4, -0.2) is 32.8 Å². The largest absolute Gasteiger partial charge is 0.493 e. The van der Waals surface area contributed by atoms with Crippen LogP contribution < -0.4 is 14.8 Å². The summed E-state index contributed by atoms with van der Waals surface area (Å²) >= 11 is 0. The molecule has 7 nitrogen and oxygen atoms in total. The number of ether oxygens (including phenoxy) is 2. The van der Waals surface area contributed by atoms with Gasteiger partial charge < -0.3 is 14.8 Å². The molecule has 3 aromatic heterocycles. The van der Waals surface area contributed by atoms with E-state index in [1.807, 2.05) is 0 Å². The molecular weight excluding hydrogens is 392 g/mol. The molecule has 6 rings (SSSR count). The molecule has 0 radical (unpaired) electrons. The van der Waals surface area contributed by atoms with Gasteiger partial charge in [-0.15, -0.1) is 10.2 Å². The molecule has 0 unspecified atom stereocenters. The normalized spacial score (nSPS) is 17.1. The number of benzene rings is 1. The number of anilines is 1. The molecule has 0 amide bonds. The molecule has 9 heteroatoms. The topological polar surface area (TPSA) is 73.6 Å². The van der Waals surface area contributed by atoms with Crippen molar-refractivity contribution in [2.75, 3.05) is 18.5 Å². The molecule has 150 valence electrons. The van der Waals surface area contributed by atoms with Gasteiger partial charge in [0.05, 0.1) is 31.0 Å². The van der Waals surface area contributed by atoms with Crippen LogP contribution in [0.4, 0.5) is 14.6 Å². The highest BCUT2D eigenvalue weighted by molar-refractivity contribution is 5.80. The lowest BCUT2D eigenvalue weighted by molar-refractivity contribution is 0.249. The third kappa shape index (κ3) is 2.51. The van der Waals surface area contributed by atoms with E-state index in [-0.39, 0.29) is 18.3 Å². The van der Waals surface area contributed by atoms with E-state index in [9.17, 15) is 8.78 Å². The number of hydrogen-bond acceptors (Lipinski definition) is 6. The first kappa shape index (κ1) is 17.1. The molecule has 5 heterocycles. The molecule has 0 fully saturated rings. The van der Waals surface area contributed by atoms with Crippen LogP contribution >= 0.6 is 0 Å². The zero-order valence-corrected chi connectivity index (χ0v) is 15.6. The van der Waals surface area contributed by atoms with E-state index in [1.165, 1.54) is 12.1 Å². The lowest BCUT2D eigenvalue weighted by atomic mass is 9.96. The van der Waals surface area contributed by atoms with E-state index in [2.05, 4.69) is 20.5 Å². The van der Waals surface area contributed by atoms with E-state index in [0.717, 1.165) is 11.8 Å². The first-order valence-corrected chi connectivity index (χ1v) is 9.48. The van der Waals surface area contributed by atoms with E-state index < -0.39 is 5.82 Å². The van der Waals surface area contributed by atoms with E-state index in [1.54, 1.807) is 28.9 Å². The smallest absolute Gasteiger partial charge is 0.171 e. The molecule has 0 aliphatic carbocycles. The fourth-order valence-corrected chi connectivity index (χ4v) is 4.11. The lowest BCUT2D eigenvalue weighted by Gasteiger charge is -2.16. The molecule has 0 bridgehead atoms. The van der Waals surface area contributed by atoms with Gasteiger partial charge in [-0.2, -0.15) is 0 Å². The number of rotatable bonds is 1. The maximum absolute atomic E-state index is 14.6. The van der Waals surface area contributed by atoms with E-state index in [0.29, 0.717) is 53.0 Å². The number of hydrogen-bond donors (Lipinski definition) is 1.